The van der Waals surface area contributed by atoms with E-state index in [1.54, 1.807) is 0 Å². The van der Waals surface area contributed by atoms with Crippen LogP contribution in [0.5, 0.6) is 0 Å². The van der Waals surface area contributed by atoms with Gasteiger partial charge in [0.2, 0.25) is 0 Å². The van der Waals surface area contributed by atoms with Crippen molar-refractivity contribution in [2.24, 2.45) is 5.11 Å². The van der Waals surface area contributed by atoms with Crippen molar-refractivity contribution < 1.29 is 23.0 Å². The molecule has 0 amide bonds. The number of alkyl halides is 3. The lowest BCUT2D eigenvalue weighted by molar-refractivity contribution is -0.392. The van der Waals surface area contributed by atoms with Gasteiger partial charge < -0.3 is 4.90 Å². The zero-order valence-corrected chi connectivity index (χ0v) is 12.7. The van der Waals surface area contributed by atoms with Gasteiger partial charge in [-0.15, -0.1) is 6.58 Å². The van der Waals surface area contributed by atoms with Crippen molar-refractivity contribution in [3.05, 3.63) is 55.0 Å². The Balaban J connectivity index is 4.13. The summed E-state index contributed by atoms with van der Waals surface area (Å²) in [7, 11) is 0. The molecule has 10 nitrogen and oxygen atoms in total. The summed E-state index contributed by atoms with van der Waals surface area (Å²) in [5.74, 6) is 0. The summed E-state index contributed by atoms with van der Waals surface area (Å²) in [6, 6.07) is 0.123. The van der Waals surface area contributed by atoms with Crippen LogP contribution in [-0.2, 0) is 6.18 Å². The quantitative estimate of drug-likeness (QED) is 0.176. The number of likely N-dealkylation sites (N-methyl/N-ethyl adjacent to an activating group) is 1. The fourth-order valence-electron chi connectivity index (χ4n) is 2.15. The van der Waals surface area contributed by atoms with Crippen LogP contribution < -0.4 is 4.90 Å². The summed E-state index contributed by atoms with van der Waals surface area (Å²) in [5.41, 5.74) is 2.30. The van der Waals surface area contributed by atoms with E-state index in [4.69, 9.17) is 5.53 Å². The molecule has 134 valence electrons. The SMILES string of the molecule is C=CCN(CC)c1c([N+](=O)[O-])cc(C(F)(F)F)c(N=[N+]=[N-])c1[N+](=O)[O-]. The van der Waals surface area contributed by atoms with Gasteiger partial charge in [-0.2, -0.15) is 13.2 Å². The smallest absolute Gasteiger partial charge is 0.357 e. The number of nitrogens with zero attached hydrogens (tertiary/aromatic N) is 6. The molecular weight excluding hydrogens is 349 g/mol. The first kappa shape index (κ1) is 19.7. The van der Waals surface area contributed by atoms with E-state index < -0.39 is 44.3 Å². The third-order valence-electron chi connectivity index (χ3n) is 3.10. The van der Waals surface area contributed by atoms with Gasteiger partial charge in [-0.05, 0) is 12.5 Å². The Kier molecular flexibility index (Phi) is 5.90. The van der Waals surface area contributed by atoms with Crippen molar-refractivity contribution in [3.63, 3.8) is 0 Å². The molecule has 0 unspecified atom stereocenters. The molecule has 0 N–H and O–H groups in total. The van der Waals surface area contributed by atoms with E-state index in [1.807, 2.05) is 0 Å². The van der Waals surface area contributed by atoms with Gasteiger partial charge in [0.05, 0.1) is 15.4 Å². The average Bonchev–Trinajstić information content (AvgIpc) is 2.50. The van der Waals surface area contributed by atoms with Gasteiger partial charge in [0.1, 0.15) is 5.69 Å². The van der Waals surface area contributed by atoms with E-state index >= 15 is 0 Å². The summed E-state index contributed by atoms with van der Waals surface area (Å²) in [6.07, 6.45) is -3.94. The van der Waals surface area contributed by atoms with Crippen LogP contribution >= 0.6 is 0 Å². The highest BCUT2D eigenvalue weighted by Gasteiger charge is 2.43. The molecule has 25 heavy (non-hydrogen) atoms. The second-order valence-electron chi connectivity index (χ2n) is 4.52. The Bertz CT molecular complexity index is 773. The van der Waals surface area contributed by atoms with E-state index in [2.05, 4.69) is 16.6 Å². The molecule has 1 aromatic rings. The van der Waals surface area contributed by atoms with E-state index in [0.717, 1.165) is 4.90 Å². The lowest BCUT2D eigenvalue weighted by Crippen LogP contribution is -2.25. The van der Waals surface area contributed by atoms with E-state index in [0.29, 0.717) is 0 Å². The topological polar surface area (TPSA) is 138 Å². The van der Waals surface area contributed by atoms with Gasteiger partial charge in [-0.3, -0.25) is 20.2 Å². The highest BCUT2D eigenvalue weighted by Crippen LogP contribution is 2.50. The maximum atomic E-state index is 13.2. The number of hydrogen-bond acceptors (Lipinski definition) is 6. The van der Waals surface area contributed by atoms with Gasteiger partial charge in [-0.25, -0.2) is 0 Å². The predicted molar refractivity (Wildman–Crippen MR) is 81.6 cm³/mol. The standard InChI is InChI=1S/C12H11F3N6O4/c1-3-5-19(4-2)10-8(20(22)23)6-7(12(13,14)15)9(17-18-16)11(10)21(24)25/h3,6H,1,4-5H2,2H3. The Morgan fingerprint density at radius 3 is 2.36 bits per heavy atom. The minimum absolute atomic E-state index is 0.00519. The van der Waals surface area contributed by atoms with Crippen LogP contribution in [0.2, 0.25) is 0 Å². The summed E-state index contributed by atoms with van der Waals surface area (Å²) >= 11 is 0. The first-order chi connectivity index (χ1) is 11.6. The van der Waals surface area contributed by atoms with Crippen LogP contribution in [0.1, 0.15) is 12.5 Å². The fourth-order valence-corrected chi connectivity index (χ4v) is 2.15. The van der Waals surface area contributed by atoms with Crippen LogP contribution in [0, 0.1) is 20.2 Å². The molecule has 0 radical (unpaired) electrons. The Labute approximate surface area is 138 Å². The van der Waals surface area contributed by atoms with Gasteiger partial charge >= 0.3 is 11.9 Å². The van der Waals surface area contributed by atoms with Crippen molar-refractivity contribution in [2.75, 3.05) is 18.0 Å². The number of anilines is 1. The first-order valence-electron chi connectivity index (χ1n) is 6.58. The third kappa shape index (κ3) is 3.95. The molecule has 0 fully saturated rings. The van der Waals surface area contributed by atoms with Crippen molar-refractivity contribution >= 4 is 22.7 Å². The molecule has 0 saturated carbocycles. The second-order valence-corrected chi connectivity index (χ2v) is 4.52. The fraction of sp³-hybridized carbons (Fsp3) is 0.333. The zero-order valence-electron chi connectivity index (χ0n) is 12.7. The van der Waals surface area contributed by atoms with E-state index in [1.165, 1.54) is 13.0 Å². The molecule has 1 aromatic carbocycles. The minimum atomic E-state index is -5.20. The molecule has 0 aliphatic rings. The van der Waals surface area contributed by atoms with E-state index in [-0.39, 0.29) is 19.2 Å². The van der Waals surface area contributed by atoms with Gasteiger partial charge in [0.15, 0.2) is 5.69 Å². The van der Waals surface area contributed by atoms with Crippen LogP contribution in [0.3, 0.4) is 0 Å². The number of rotatable bonds is 7. The summed E-state index contributed by atoms with van der Waals surface area (Å²) in [4.78, 5) is 23.5. The first-order valence-corrected chi connectivity index (χ1v) is 6.58. The van der Waals surface area contributed by atoms with E-state index in [9.17, 15) is 33.4 Å². The maximum Gasteiger partial charge on any atom is 0.417 e. The zero-order chi connectivity index (χ0) is 19.4. The number of nitro benzene ring substituents is 2. The molecule has 0 heterocycles. The van der Waals surface area contributed by atoms with Gasteiger partial charge in [0.25, 0.3) is 5.69 Å². The van der Waals surface area contributed by atoms with Crippen molar-refractivity contribution in [3.8, 4) is 0 Å². The molecule has 0 spiro atoms. The normalized spacial score (nSPS) is 10.7. The molecule has 1 rings (SSSR count). The molecule has 0 aliphatic carbocycles. The van der Waals surface area contributed by atoms with Crippen LogP contribution in [0.15, 0.2) is 23.8 Å². The monoisotopic (exact) mass is 360 g/mol. The second kappa shape index (κ2) is 7.49. The number of hydrogen-bond donors (Lipinski definition) is 0. The molecule has 0 aliphatic heterocycles. The molecule has 0 aromatic heterocycles. The third-order valence-corrected chi connectivity index (χ3v) is 3.10. The number of halogens is 3. The maximum absolute atomic E-state index is 13.2. The van der Waals surface area contributed by atoms with Crippen LogP contribution in [0.4, 0.5) is 35.9 Å². The Hall–Kier alpha value is -3.34. The van der Waals surface area contributed by atoms with Crippen molar-refractivity contribution in [2.45, 2.75) is 13.1 Å². The highest BCUT2D eigenvalue weighted by molar-refractivity contribution is 5.86. The number of nitro groups is 2. The average molecular weight is 360 g/mol. The summed E-state index contributed by atoms with van der Waals surface area (Å²) < 4.78 is 39.5. The van der Waals surface area contributed by atoms with Crippen LogP contribution in [-0.4, -0.2) is 22.9 Å². The Morgan fingerprint density at radius 2 is 2.00 bits per heavy atom. The van der Waals surface area contributed by atoms with Gasteiger partial charge in [-0.1, -0.05) is 11.2 Å². The lowest BCUT2D eigenvalue weighted by Gasteiger charge is -2.22. The lowest BCUT2D eigenvalue weighted by atomic mass is 10.1. The Morgan fingerprint density at radius 1 is 1.40 bits per heavy atom. The van der Waals surface area contributed by atoms with Crippen molar-refractivity contribution in [1.82, 2.24) is 0 Å². The number of benzene rings is 1. The molecular formula is C12H11F3N6O4. The van der Waals surface area contributed by atoms with Crippen LogP contribution in [0.25, 0.3) is 10.4 Å². The summed E-state index contributed by atoms with van der Waals surface area (Å²) in [5, 5.41) is 25.4. The summed E-state index contributed by atoms with van der Waals surface area (Å²) in [6.45, 7) is 4.77. The van der Waals surface area contributed by atoms with Crippen molar-refractivity contribution in [1.29, 1.82) is 0 Å². The number of azide groups is 1. The predicted octanol–water partition coefficient (Wildman–Crippen LogP) is 4.48. The molecule has 0 atom stereocenters. The highest BCUT2D eigenvalue weighted by atomic mass is 19.4. The minimum Gasteiger partial charge on any atom is -0.357 e. The molecule has 0 bridgehead atoms. The largest absolute Gasteiger partial charge is 0.417 e. The molecule has 13 heteroatoms. The molecule has 0 saturated heterocycles. The van der Waals surface area contributed by atoms with Gasteiger partial charge in [0, 0.05) is 24.1 Å².